The fourth-order valence-electron chi connectivity index (χ4n) is 4.25. The van der Waals surface area contributed by atoms with E-state index in [0.29, 0.717) is 20.0 Å². The van der Waals surface area contributed by atoms with Crippen LogP contribution in [0.2, 0.25) is 0 Å². The molecular weight excluding hydrogens is 518 g/mol. The highest BCUT2D eigenvalue weighted by molar-refractivity contribution is 7.86. The van der Waals surface area contributed by atoms with Gasteiger partial charge in [-0.05, 0) is 20.3 Å². The number of fused-ring (bicyclic) bond motifs is 1. The van der Waals surface area contributed by atoms with Crippen molar-refractivity contribution in [3.05, 3.63) is 0 Å². The first-order valence-electron chi connectivity index (χ1n) is 11.1. The van der Waals surface area contributed by atoms with Crippen molar-refractivity contribution in [1.29, 1.82) is 0 Å². The van der Waals surface area contributed by atoms with Crippen LogP contribution in [0.5, 0.6) is 0 Å². The Morgan fingerprint density at radius 3 is 2.33 bits per heavy atom. The minimum absolute atomic E-state index is 0.337. The molecule has 0 aliphatic carbocycles. The molecule has 1 N–H and O–H groups in total. The minimum atomic E-state index is -5.84. The summed E-state index contributed by atoms with van der Waals surface area (Å²) < 4.78 is 87.9. The fraction of sp³-hybridized carbons (Fsp3) is 0.800. The zero-order chi connectivity index (χ0) is 27.0. The molecule has 13 nitrogen and oxygen atoms in total. The number of rotatable bonds is 12. The van der Waals surface area contributed by atoms with E-state index in [-0.39, 0.29) is 0 Å². The van der Waals surface area contributed by atoms with Gasteiger partial charge in [-0.25, -0.2) is 0 Å². The third-order valence-corrected chi connectivity index (χ3v) is 6.96. The predicted octanol–water partition coefficient (Wildman–Crippen LogP) is 0.345. The number of halogens is 2. The smallest absolute Gasteiger partial charge is 0.405 e. The Bertz CT molecular complexity index is 1000. The lowest BCUT2D eigenvalue weighted by Crippen LogP contribution is -2.48. The second kappa shape index (κ2) is 10.5. The number of carbonyl (C=O) groups excluding carboxylic acids is 4. The van der Waals surface area contributed by atoms with Crippen LogP contribution in [0.3, 0.4) is 0 Å². The Kier molecular flexibility index (Phi) is 8.22. The van der Waals surface area contributed by atoms with Gasteiger partial charge in [0.2, 0.25) is 0 Å². The summed E-state index contributed by atoms with van der Waals surface area (Å²) in [4.78, 5) is 49.1. The molecule has 3 aliphatic heterocycles. The Morgan fingerprint density at radius 1 is 1.08 bits per heavy atom. The zero-order valence-corrected chi connectivity index (χ0v) is 20.3. The van der Waals surface area contributed by atoms with Crippen LogP contribution in [0.15, 0.2) is 0 Å². The van der Waals surface area contributed by atoms with Crippen molar-refractivity contribution in [3.63, 3.8) is 0 Å². The van der Waals surface area contributed by atoms with Gasteiger partial charge in [-0.2, -0.15) is 17.2 Å². The number of hydrogen-bond donors (Lipinski definition) is 1. The normalized spacial score (nSPS) is 30.4. The second-order valence-corrected chi connectivity index (χ2v) is 10.0. The van der Waals surface area contributed by atoms with Crippen molar-refractivity contribution < 1.29 is 69.4 Å². The highest BCUT2D eigenvalue weighted by atomic mass is 32.2. The quantitative estimate of drug-likeness (QED) is 0.154. The largest absolute Gasteiger partial charge is 0.455 e. The highest BCUT2D eigenvalue weighted by Gasteiger charge is 2.72. The summed E-state index contributed by atoms with van der Waals surface area (Å²) in [5.74, 6) is -5.96. The first-order valence-corrected chi connectivity index (χ1v) is 12.5. The standard InChI is InChI=1S/C20H26F2O13S/c1-4-7-30-9(3)32-18(25)12-13-15-17(35-19(13)26)16(14(12)34-15)33-11(24)6-5-10(23)31-8(2)20(21,22)36(27,28)29/h8-9,12-17H,4-7H2,1-3H3,(H,27,28,29). The lowest BCUT2D eigenvalue weighted by molar-refractivity contribution is -0.185. The highest BCUT2D eigenvalue weighted by Crippen LogP contribution is 2.51. The first-order chi connectivity index (χ1) is 16.7. The SMILES string of the molecule is CCCOC(C)OC(=O)C1C2OC3C(OC(=O)C31)C2OC(=O)CCC(=O)OC(C)C(F)(F)S(=O)(=O)O. The van der Waals surface area contributed by atoms with Gasteiger partial charge in [-0.15, -0.1) is 0 Å². The van der Waals surface area contributed by atoms with E-state index in [1.807, 2.05) is 6.92 Å². The van der Waals surface area contributed by atoms with Gasteiger partial charge in [0.25, 0.3) is 0 Å². The average Bonchev–Trinajstić information content (AvgIpc) is 3.39. The number of ether oxygens (including phenoxy) is 6. The van der Waals surface area contributed by atoms with E-state index in [1.165, 1.54) is 6.92 Å². The summed E-state index contributed by atoms with van der Waals surface area (Å²) in [5.41, 5.74) is 0. The molecule has 16 heteroatoms. The summed E-state index contributed by atoms with van der Waals surface area (Å²) in [5, 5.41) is -4.75. The van der Waals surface area contributed by atoms with E-state index in [1.54, 1.807) is 0 Å². The van der Waals surface area contributed by atoms with Gasteiger partial charge in [0.1, 0.15) is 24.0 Å². The molecule has 0 radical (unpaired) electrons. The predicted molar refractivity (Wildman–Crippen MR) is 108 cm³/mol. The molecule has 8 unspecified atom stereocenters. The molecule has 0 aromatic carbocycles. The van der Waals surface area contributed by atoms with E-state index in [9.17, 15) is 36.4 Å². The fourth-order valence-corrected chi connectivity index (χ4v) is 4.72. The number of carbonyl (C=O) groups is 4. The Balaban J connectivity index is 1.57. The van der Waals surface area contributed by atoms with Crippen LogP contribution in [-0.2, 0) is 57.7 Å². The third kappa shape index (κ3) is 5.45. The van der Waals surface area contributed by atoms with Gasteiger partial charge in [0.15, 0.2) is 24.6 Å². The summed E-state index contributed by atoms with van der Waals surface area (Å²) in [6.45, 7) is 4.25. The maximum Gasteiger partial charge on any atom is 0.405 e. The molecule has 3 rings (SSSR count). The molecule has 3 fully saturated rings. The molecule has 2 bridgehead atoms. The maximum atomic E-state index is 13.5. The Hall–Kier alpha value is -2.43. The van der Waals surface area contributed by atoms with Gasteiger partial charge in [-0.1, -0.05) is 6.92 Å². The molecule has 36 heavy (non-hydrogen) atoms. The van der Waals surface area contributed by atoms with Crippen molar-refractivity contribution in [2.24, 2.45) is 11.8 Å². The van der Waals surface area contributed by atoms with E-state index in [4.69, 9.17) is 28.2 Å². The summed E-state index contributed by atoms with van der Waals surface area (Å²) in [7, 11) is -5.84. The summed E-state index contributed by atoms with van der Waals surface area (Å²) >= 11 is 0. The van der Waals surface area contributed by atoms with Gasteiger partial charge >= 0.3 is 39.2 Å². The number of hydrogen-bond acceptors (Lipinski definition) is 12. The minimum Gasteiger partial charge on any atom is -0.455 e. The maximum absolute atomic E-state index is 13.5. The second-order valence-electron chi connectivity index (χ2n) is 8.52. The van der Waals surface area contributed by atoms with Crippen molar-refractivity contribution in [3.8, 4) is 0 Å². The third-order valence-electron chi connectivity index (χ3n) is 5.94. The van der Waals surface area contributed by atoms with Crippen molar-refractivity contribution in [1.82, 2.24) is 0 Å². The molecule has 8 atom stereocenters. The van der Waals surface area contributed by atoms with Crippen LogP contribution < -0.4 is 0 Å². The van der Waals surface area contributed by atoms with Gasteiger partial charge in [0.05, 0.1) is 19.4 Å². The monoisotopic (exact) mass is 544 g/mol. The first kappa shape index (κ1) is 28.1. The van der Waals surface area contributed by atoms with Crippen LogP contribution in [0.1, 0.15) is 40.0 Å². The lowest BCUT2D eigenvalue weighted by Gasteiger charge is -2.28. The molecule has 3 heterocycles. The van der Waals surface area contributed by atoms with Crippen molar-refractivity contribution >= 4 is 34.0 Å². The molecule has 3 aliphatic rings. The molecular formula is C20H26F2O13S. The lowest BCUT2D eigenvalue weighted by atomic mass is 9.78. The topological polar surface area (TPSA) is 178 Å². The number of esters is 4. The van der Waals surface area contributed by atoms with Crippen molar-refractivity contribution in [2.45, 2.75) is 82.1 Å². The molecule has 0 aromatic heterocycles. The molecule has 0 amide bonds. The van der Waals surface area contributed by atoms with Crippen molar-refractivity contribution in [2.75, 3.05) is 6.61 Å². The average molecular weight is 544 g/mol. The van der Waals surface area contributed by atoms with E-state index in [2.05, 4.69) is 4.74 Å². The molecule has 0 saturated carbocycles. The van der Waals surface area contributed by atoms with E-state index in [0.717, 1.165) is 0 Å². The van der Waals surface area contributed by atoms with Gasteiger partial charge in [-0.3, -0.25) is 23.7 Å². The molecule has 0 spiro atoms. The molecule has 204 valence electrons. The van der Waals surface area contributed by atoms with Crippen LogP contribution in [0.25, 0.3) is 0 Å². The Morgan fingerprint density at radius 2 is 1.72 bits per heavy atom. The number of alkyl halides is 2. The van der Waals surface area contributed by atoms with Gasteiger partial charge in [0, 0.05) is 0 Å². The Labute approximate surface area is 204 Å². The molecule has 0 aromatic rings. The van der Waals surface area contributed by atoms with Crippen LogP contribution in [0.4, 0.5) is 8.78 Å². The van der Waals surface area contributed by atoms with Crippen LogP contribution in [-0.4, -0.2) is 85.5 Å². The summed E-state index contributed by atoms with van der Waals surface area (Å²) in [6.07, 6.45) is -8.25. The summed E-state index contributed by atoms with van der Waals surface area (Å²) in [6, 6.07) is 0. The zero-order valence-electron chi connectivity index (χ0n) is 19.5. The molecule has 3 saturated heterocycles. The van der Waals surface area contributed by atoms with Crippen LogP contribution in [0, 0.1) is 11.8 Å². The van der Waals surface area contributed by atoms with E-state index < -0.39 is 101 Å². The van der Waals surface area contributed by atoms with Crippen LogP contribution >= 0.6 is 0 Å². The van der Waals surface area contributed by atoms with E-state index >= 15 is 0 Å². The van der Waals surface area contributed by atoms with Gasteiger partial charge < -0.3 is 28.4 Å².